The Morgan fingerprint density at radius 3 is 2.65 bits per heavy atom. The maximum atomic E-state index is 12.6. The molecule has 6 heteroatoms. The summed E-state index contributed by atoms with van der Waals surface area (Å²) >= 11 is 0. The molecule has 6 nitrogen and oxygen atoms in total. The predicted molar refractivity (Wildman–Crippen MR) is 104 cm³/mol. The molecule has 1 saturated heterocycles. The Balaban J connectivity index is 1.81. The number of hydrogen-bond donors (Lipinski definition) is 1. The number of para-hydroxylation sites is 2. The molecule has 0 atom stereocenters. The van der Waals surface area contributed by atoms with Crippen molar-refractivity contribution < 1.29 is 9.53 Å². The summed E-state index contributed by atoms with van der Waals surface area (Å²) in [6.45, 7) is 8.56. The molecule has 26 heavy (non-hydrogen) atoms. The molecular weight excluding hydrogens is 328 g/mol. The molecule has 0 spiro atoms. The first-order chi connectivity index (χ1) is 12.7. The van der Waals surface area contributed by atoms with Gasteiger partial charge in [-0.2, -0.15) is 0 Å². The van der Waals surface area contributed by atoms with E-state index in [9.17, 15) is 4.79 Å². The predicted octanol–water partition coefficient (Wildman–Crippen LogP) is 3.14. The second kappa shape index (κ2) is 8.67. The van der Waals surface area contributed by atoms with Gasteiger partial charge in [0.25, 0.3) is 5.91 Å². The van der Waals surface area contributed by atoms with Gasteiger partial charge in [0.2, 0.25) is 0 Å². The fourth-order valence-corrected chi connectivity index (χ4v) is 3.13. The molecule has 2 heterocycles. The number of nitrogens with one attached hydrogen (secondary N) is 1. The summed E-state index contributed by atoms with van der Waals surface area (Å²) in [6, 6.07) is 10.1. The van der Waals surface area contributed by atoms with Crippen LogP contribution in [-0.4, -0.2) is 55.2 Å². The topological polar surface area (TPSA) is 57.7 Å². The van der Waals surface area contributed by atoms with Crippen LogP contribution in [0.2, 0.25) is 0 Å². The number of nitrogens with zero attached hydrogens (tertiary/aromatic N) is 3. The van der Waals surface area contributed by atoms with Crippen molar-refractivity contribution in [1.82, 2.24) is 9.88 Å². The summed E-state index contributed by atoms with van der Waals surface area (Å²) in [5.41, 5.74) is 3.55. The van der Waals surface area contributed by atoms with E-state index in [1.807, 2.05) is 38.1 Å². The third-order valence-electron chi connectivity index (χ3n) is 4.57. The molecule has 0 bridgehead atoms. The Labute approximate surface area is 154 Å². The number of carbonyl (C=O) groups excluding carboxylic acids is 1. The van der Waals surface area contributed by atoms with Crippen LogP contribution in [0.5, 0.6) is 0 Å². The number of benzene rings is 1. The molecule has 0 radical (unpaired) electrons. The van der Waals surface area contributed by atoms with E-state index in [4.69, 9.17) is 4.74 Å². The molecule has 0 aliphatic carbocycles. The van der Waals surface area contributed by atoms with Crippen molar-refractivity contribution in [1.29, 1.82) is 0 Å². The zero-order valence-corrected chi connectivity index (χ0v) is 15.4. The molecule has 138 valence electrons. The molecule has 1 aliphatic rings. The van der Waals surface area contributed by atoms with Gasteiger partial charge in [0.15, 0.2) is 0 Å². The van der Waals surface area contributed by atoms with Gasteiger partial charge >= 0.3 is 0 Å². The van der Waals surface area contributed by atoms with Crippen LogP contribution < -0.4 is 10.2 Å². The van der Waals surface area contributed by atoms with Crippen molar-refractivity contribution in [2.45, 2.75) is 13.8 Å². The quantitative estimate of drug-likeness (QED) is 0.864. The first-order valence-electron chi connectivity index (χ1n) is 9.16. The lowest BCUT2D eigenvalue weighted by Gasteiger charge is -2.30. The minimum Gasteiger partial charge on any atom is -0.378 e. The minimum absolute atomic E-state index is 0.00705. The fraction of sp³-hybridized carbons (Fsp3) is 0.400. The van der Waals surface area contributed by atoms with E-state index in [2.05, 4.69) is 21.3 Å². The average molecular weight is 354 g/mol. The number of anilines is 3. The lowest BCUT2D eigenvalue weighted by atomic mass is 10.2. The van der Waals surface area contributed by atoms with E-state index < -0.39 is 0 Å². The Bertz CT molecular complexity index is 740. The Hall–Kier alpha value is -2.60. The highest BCUT2D eigenvalue weighted by atomic mass is 16.5. The molecular formula is C20H26N4O2. The molecule has 1 fully saturated rings. The standard InChI is InChI=1S/C20H26N4O2/c1-3-23(4-2)20(25)16-13-17(15-21-14-16)22-18-7-5-6-8-19(18)24-9-11-26-12-10-24/h5-8,13-15,22H,3-4,9-12H2,1-2H3. The van der Waals surface area contributed by atoms with E-state index in [1.165, 1.54) is 0 Å². The van der Waals surface area contributed by atoms with Crippen molar-refractivity contribution >= 4 is 23.0 Å². The molecule has 1 N–H and O–H groups in total. The van der Waals surface area contributed by atoms with Crippen LogP contribution in [0.15, 0.2) is 42.7 Å². The minimum atomic E-state index is 0.00705. The zero-order valence-electron chi connectivity index (χ0n) is 15.4. The van der Waals surface area contributed by atoms with Crippen molar-refractivity contribution in [3.8, 4) is 0 Å². The van der Waals surface area contributed by atoms with Gasteiger partial charge in [-0.1, -0.05) is 12.1 Å². The first kappa shape index (κ1) is 18.2. The Morgan fingerprint density at radius 1 is 1.19 bits per heavy atom. The number of amides is 1. The highest BCUT2D eigenvalue weighted by Gasteiger charge is 2.16. The van der Waals surface area contributed by atoms with Crippen molar-refractivity contribution in [2.24, 2.45) is 0 Å². The van der Waals surface area contributed by atoms with Gasteiger partial charge in [0.1, 0.15) is 0 Å². The number of pyridine rings is 1. The van der Waals surface area contributed by atoms with Crippen LogP contribution >= 0.6 is 0 Å². The number of carbonyl (C=O) groups is 1. The van der Waals surface area contributed by atoms with Crippen LogP contribution in [0.1, 0.15) is 24.2 Å². The first-order valence-corrected chi connectivity index (χ1v) is 9.16. The van der Waals surface area contributed by atoms with Crippen LogP contribution in [0.3, 0.4) is 0 Å². The SMILES string of the molecule is CCN(CC)C(=O)c1cncc(Nc2ccccc2N2CCOCC2)c1. The number of hydrogen-bond acceptors (Lipinski definition) is 5. The van der Waals surface area contributed by atoms with E-state index in [0.717, 1.165) is 43.4 Å². The summed E-state index contributed by atoms with van der Waals surface area (Å²) < 4.78 is 5.45. The highest BCUT2D eigenvalue weighted by molar-refractivity contribution is 5.95. The summed E-state index contributed by atoms with van der Waals surface area (Å²) in [6.07, 6.45) is 3.37. The normalized spacial score (nSPS) is 14.2. The van der Waals surface area contributed by atoms with E-state index in [-0.39, 0.29) is 5.91 Å². The Morgan fingerprint density at radius 2 is 1.92 bits per heavy atom. The maximum absolute atomic E-state index is 12.6. The number of morpholine rings is 1. The monoisotopic (exact) mass is 354 g/mol. The molecule has 0 saturated carbocycles. The van der Waals surface area contributed by atoms with Crippen molar-refractivity contribution in [3.63, 3.8) is 0 Å². The molecule has 2 aromatic rings. The number of rotatable bonds is 6. The largest absolute Gasteiger partial charge is 0.378 e. The van der Waals surface area contributed by atoms with Crippen LogP contribution in [0.4, 0.5) is 17.1 Å². The third kappa shape index (κ3) is 4.14. The van der Waals surface area contributed by atoms with Crippen LogP contribution in [0, 0.1) is 0 Å². The highest BCUT2D eigenvalue weighted by Crippen LogP contribution is 2.29. The second-order valence-electron chi connectivity index (χ2n) is 6.18. The van der Waals surface area contributed by atoms with Gasteiger partial charge in [-0.05, 0) is 32.0 Å². The van der Waals surface area contributed by atoms with E-state index >= 15 is 0 Å². The zero-order chi connectivity index (χ0) is 18.4. The van der Waals surface area contributed by atoms with Gasteiger partial charge in [-0.3, -0.25) is 9.78 Å². The summed E-state index contributed by atoms with van der Waals surface area (Å²) in [7, 11) is 0. The van der Waals surface area contributed by atoms with Crippen LogP contribution in [0.25, 0.3) is 0 Å². The molecule has 1 aliphatic heterocycles. The van der Waals surface area contributed by atoms with Crippen LogP contribution in [-0.2, 0) is 4.74 Å². The lowest BCUT2D eigenvalue weighted by molar-refractivity contribution is 0.0772. The molecule has 3 rings (SSSR count). The van der Waals surface area contributed by atoms with Gasteiger partial charge in [-0.25, -0.2) is 0 Å². The van der Waals surface area contributed by atoms with Gasteiger partial charge in [0.05, 0.1) is 42.0 Å². The summed E-state index contributed by atoms with van der Waals surface area (Å²) in [5.74, 6) is 0.00705. The lowest BCUT2D eigenvalue weighted by Crippen LogP contribution is -2.36. The average Bonchev–Trinajstić information content (AvgIpc) is 2.70. The Kier molecular flexibility index (Phi) is 6.07. The van der Waals surface area contributed by atoms with E-state index in [1.54, 1.807) is 17.3 Å². The molecule has 1 aromatic carbocycles. The van der Waals surface area contributed by atoms with Gasteiger partial charge in [0, 0.05) is 32.4 Å². The number of aromatic nitrogens is 1. The molecule has 1 aromatic heterocycles. The fourth-order valence-electron chi connectivity index (χ4n) is 3.13. The van der Waals surface area contributed by atoms with E-state index in [0.29, 0.717) is 18.7 Å². The van der Waals surface area contributed by atoms with Gasteiger partial charge < -0.3 is 19.9 Å². The van der Waals surface area contributed by atoms with Gasteiger partial charge in [-0.15, -0.1) is 0 Å². The maximum Gasteiger partial charge on any atom is 0.255 e. The summed E-state index contributed by atoms with van der Waals surface area (Å²) in [4.78, 5) is 20.9. The summed E-state index contributed by atoms with van der Waals surface area (Å²) in [5, 5.41) is 3.42. The second-order valence-corrected chi connectivity index (χ2v) is 6.18. The smallest absolute Gasteiger partial charge is 0.255 e. The van der Waals surface area contributed by atoms with Crippen molar-refractivity contribution in [3.05, 3.63) is 48.3 Å². The third-order valence-corrected chi connectivity index (χ3v) is 4.57. The molecule has 1 amide bonds. The molecule has 0 unspecified atom stereocenters. The van der Waals surface area contributed by atoms with Crippen molar-refractivity contribution in [2.75, 3.05) is 49.6 Å². The number of ether oxygens (including phenoxy) is 1.